The fourth-order valence-corrected chi connectivity index (χ4v) is 4.27. The van der Waals surface area contributed by atoms with Gasteiger partial charge in [0, 0.05) is 43.5 Å². The van der Waals surface area contributed by atoms with E-state index in [0.717, 1.165) is 43.7 Å². The van der Waals surface area contributed by atoms with Crippen LogP contribution in [0.15, 0.2) is 54.6 Å². The van der Waals surface area contributed by atoms with Crippen LogP contribution in [0.1, 0.15) is 30.4 Å². The number of anilines is 1. The van der Waals surface area contributed by atoms with Crippen molar-refractivity contribution in [2.24, 2.45) is 0 Å². The molecule has 1 saturated heterocycles. The number of amides is 2. The zero-order valence-electron chi connectivity index (χ0n) is 17.6. The fourth-order valence-electron chi connectivity index (χ4n) is 3.54. The molecule has 1 aliphatic heterocycles. The molecule has 0 atom stereocenters. The second-order valence-electron chi connectivity index (χ2n) is 7.82. The van der Waals surface area contributed by atoms with Gasteiger partial charge in [0.2, 0.25) is 11.8 Å². The lowest BCUT2D eigenvalue weighted by atomic mass is 10.0. The normalized spacial score (nSPS) is 15.0. The Kier molecular flexibility index (Phi) is 8.78. The monoisotopic (exact) mass is 425 g/mol. The molecule has 0 unspecified atom stereocenters. The number of nitrogens with one attached hydrogen (secondary N) is 2. The van der Waals surface area contributed by atoms with Crippen molar-refractivity contribution in [2.75, 3.05) is 29.9 Å². The van der Waals surface area contributed by atoms with E-state index in [-0.39, 0.29) is 17.9 Å². The van der Waals surface area contributed by atoms with Crippen molar-refractivity contribution >= 4 is 29.3 Å². The predicted octanol–water partition coefficient (Wildman–Crippen LogP) is 3.84. The summed E-state index contributed by atoms with van der Waals surface area (Å²) in [4.78, 5) is 26.6. The third kappa shape index (κ3) is 7.84. The summed E-state index contributed by atoms with van der Waals surface area (Å²) in [6.45, 7) is 5.00. The van der Waals surface area contributed by atoms with Crippen LogP contribution in [0.2, 0.25) is 0 Å². The van der Waals surface area contributed by atoms with E-state index in [1.165, 1.54) is 17.3 Å². The lowest BCUT2D eigenvalue weighted by Crippen LogP contribution is -2.44. The Bertz CT molecular complexity index is 803. The second-order valence-corrected chi connectivity index (χ2v) is 8.93. The number of benzene rings is 2. The Hall–Kier alpha value is -2.31. The molecule has 1 fully saturated rings. The summed E-state index contributed by atoms with van der Waals surface area (Å²) in [6, 6.07) is 18.5. The molecule has 3 rings (SSSR count). The van der Waals surface area contributed by atoms with Crippen molar-refractivity contribution in [1.29, 1.82) is 0 Å². The largest absolute Gasteiger partial charge is 0.353 e. The molecule has 2 amide bonds. The van der Waals surface area contributed by atoms with Gasteiger partial charge in [0.15, 0.2) is 0 Å². The molecule has 0 bridgehead atoms. The van der Waals surface area contributed by atoms with Crippen LogP contribution in [0.5, 0.6) is 0 Å². The van der Waals surface area contributed by atoms with Crippen molar-refractivity contribution in [3.8, 4) is 0 Å². The number of hydrogen-bond acceptors (Lipinski definition) is 4. The van der Waals surface area contributed by atoms with Gasteiger partial charge in [-0.3, -0.25) is 14.5 Å². The van der Waals surface area contributed by atoms with E-state index < -0.39 is 0 Å². The molecule has 6 heteroatoms. The van der Waals surface area contributed by atoms with E-state index >= 15 is 0 Å². The highest BCUT2D eigenvalue weighted by Gasteiger charge is 2.20. The number of piperidine rings is 1. The average Bonchev–Trinajstić information content (AvgIpc) is 2.75. The molecule has 1 heterocycles. The first kappa shape index (κ1) is 22.4. The topological polar surface area (TPSA) is 61.4 Å². The highest BCUT2D eigenvalue weighted by Crippen LogP contribution is 2.14. The molecule has 0 spiro atoms. The molecule has 0 aromatic heterocycles. The maximum Gasteiger partial charge on any atom is 0.234 e. The van der Waals surface area contributed by atoms with Crippen molar-refractivity contribution in [1.82, 2.24) is 10.2 Å². The van der Waals surface area contributed by atoms with Gasteiger partial charge in [-0.1, -0.05) is 48.0 Å². The quantitative estimate of drug-likeness (QED) is 0.600. The van der Waals surface area contributed by atoms with Crippen LogP contribution in [0.25, 0.3) is 0 Å². The number of likely N-dealkylation sites (tertiary alicyclic amines) is 1. The first-order valence-electron chi connectivity index (χ1n) is 10.6. The van der Waals surface area contributed by atoms with E-state index in [4.69, 9.17) is 0 Å². The van der Waals surface area contributed by atoms with Crippen LogP contribution in [0.4, 0.5) is 5.69 Å². The molecule has 0 saturated carbocycles. The summed E-state index contributed by atoms with van der Waals surface area (Å²) in [6.07, 6.45) is 2.43. The number of rotatable bonds is 9. The van der Waals surface area contributed by atoms with Crippen molar-refractivity contribution in [3.63, 3.8) is 0 Å². The van der Waals surface area contributed by atoms with Gasteiger partial charge in [0.05, 0.1) is 5.75 Å². The van der Waals surface area contributed by atoms with Crippen LogP contribution in [0.3, 0.4) is 0 Å². The molecule has 30 heavy (non-hydrogen) atoms. The minimum atomic E-state index is -0.0324. The molecule has 1 aliphatic rings. The highest BCUT2D eigenvalue weighted by atomic mass is 32.2. The summed E-state index contributed by atoms with van der Waals surface area (Å²) in [5, 5.41) is 6.04. The summed E-state index contributed by atoms with van der Waals surface area (Å²) in [7, 11) is 0. The molecule has 2 aromatic rings. The third-order valence-corrected chi connectivity index (χ3v) is 6.20. The Morgan fingerprint density at radius 2 is 1.70 bits per heavy atom. The second kappa shape index (κ2) is 11.8. The minimum Gasteiger partial charge on any atom is -0.353 e. The number of aryl methyl sites for hydroxylation is 1. The third-order valence-electron chi connectivity index (χ3n) is 5.24. The van der Waals surface area contributed by atoms with Gasteiger partial charge in [-0.05, 0) is 37.5 Å². The number of carbonyl (C=O) groups is 2. The first-order valence-corrected chi connectivity index (χ1v) is 11.7. The van der Waals surface area contributed by atoms with Gasteiger partial charge in [0.1, 0.15) is 0 Å². The van der Waals surface area contributed by atoms with E-state index in [2.05, 4.69) is 39.8 Å². The zero-order valence-corrected chi connectivity index (χ0v) is 18.4. The van der Waals surface area contributed by atoms with Crippen LogP contribution in [-0.2, 0) is 16.1 Å². The SMILES string of the molecule is Cc1ccc(NC(=O)CSCCC(=O)NC2CCN(Cc3ccccc3)CC2)cc1. The van der Waals surface area contributed by atoms with Gasteiger partial charge in [-0.15, -0.1) is 0 Å². The molecule has 5 nitrogen and oxygen atoms in total. The molecule has 0 radical (unpaired) electrons. The van der Waals surface area contributed by atoms with E-state index in [1.807, 2.05) is 37.3 Å². The summed E-state index contributed by atoms with van der Waals surface area (Å²) >= 11 is 1.49. The van der Waals surface area contributed by atoms with E-state index in [9.17, 15) is 9.59 Å². The number of carbonyl (C=O) groups excluding carboxylic acids is 2. The smallest absolute Gasteiger partial charge is 0.234 e. The Morgan fingerprint density at radius 3 is 2.40 bits per heavy atom. The highest BCUT2D eigenvalue weighted by molar-refractivity contribution is 7.99. The van der Waals surface area contributed by atoms with Gasteiger partial charge < -0.3 is 10.6 Å². The molecular formula is C24H31N3O2S. The zero-order chi connectivity index (χ0) is 21.2. The van der Waals surface area contributed by atoms with Gasteiger partial charge >= 0.3 is 0 Å². The molecule has 160 valence electrons. The maximum absolute atomic E-state index is 12.2. The Morgan fingerprint density at radius 1 is 1.00 bits per heavy atom. The molecule has 2 aromatic carbocycles. The van der Waals surface area contributed by atoms with Crippen molar-refractivity contribution in [2.45, 2.75) is 38.8 Å². The van der Waals surface area contributed by atoms with Crippen molar-refractivity contribution < 1.29 is 9.59 Å². The first-order chi connectivity index (χ1) is 14.6. The molecular weight excluding hydrogens is 394 g/mol. The maximum atomic E-state index is 12.2. The summed E-state index contributed by atoms with van der Waals surface area (Å²) < 4.78 is 0. The average molecular weight is 426 g/mol. The van der Waals surface area contributed by atoms with Crippen molar-refractivity contribution in [3.05, 3.63) is 65.7 Å². The molecule has 0 aliphatic carbocycles. The summed E-state index contributed by atoms with van der Waals surface area (Å²) in [5.41, 5.74) is 3.31. The van der Waals surface area contributed by atoms with Crippen LogP contribution in [-0.4, -0.2) is 47.4 Å². The van der Waals surface area contributed by atoms with Crippen LogP contribution < -0.4 is 10.6 Å². The van der Waals surface area contributed by atoms with E-state index in [0.29, 0.717) is 17.9 Å². The van der Waals surface area contributed by atoms with Gasteiger partial charge in [-0.2, -0.15) is 11.8 Å². The lowest BCUT2D eigenvalue weighted by Gasteiger charge is -2.32. The van der Waals surface area contributed by atoms with Gasteiger partial charge in [0.25, 0.3) is 0 Å². The fraction of sp³-hybridized carbons (Fsp3) is 0.417. The number of nitrogens with zero attached hydrogens (tertiary/aromatic N) is 1. The lowest BCUT2D eigenvalue weighted by molar-refractivity contribution is -0.121. The predicted molar refractivity (Wildman–Crippen MR) is 125 cm³/mol. The Labute approximate surface area is 183 Å². The van der Waals surface area contributed by atoms with Gasteiger partial charge in [-0.25, -0.2) is 0 Å². The van der Waals surface area contributed by atoms with Crippen LogP contribution in [0, 0.1) is 6.92 Å². The van der Waals surface area contributed by atoms with E-state index in [1.54, 1.807) is 0 Å². The number of thioether (sulfide) groups is 1. The standard InChI is InChI=1S/C24H31N3O2S/c1-19-7-9-21(10-8-19)26-24(29)18-30-16-13-23(28)25-22-11-14-27(15-12-22)17-20-5-3-2-4-6-20/h2-10,22H,11-18H2,1H3,(H,25,28)(H,26,29). The minimum absolute atomic E-state index is 0.0324. The summed E-state index contributed by atoms with van der Waals surface area (Å²) in [5.74, 6) is 1.07. The number of hydrogen-bond donors (Lipinski definition) is 2. The van der Waals surface area contributed by atoms with Crippen LogP contribution >= 0.6 is 11.8 Å². The molecule has 2 N–H and O–H groups in total. The Balaban J connectivity index is 1.25.